The van der Waals surface area contributed by atoms with Crippen LogP contribution in [0.25, 0.3) is 0 Å². The van der Waals surface area contributed by atoms with Crippen LogP contribution in [0, 0.1) is 0 Å². The highest BCUT2D eigenvalue weighted by Crippen LogP contribution is 2.09. The highest BCUT2D eigenvalue weighted by Gasteiger charge is 2.17. The zero-order chi connectivity index (χ0) is 29.4. The molecule has 0 aromatic heterocycles. The van der Waals surface area contributed by atoms with E-state index in [9.17, 15) is 15.0 Å². The molecule has 2 unspecified atom stereocenters. The maximum atomic E-state index is 12.3. The lowest BCUT2D eigenvalue weighted by Crippen LogP contribution is -2.45. The zero-order valence-electron chi connectivity index (χ0n) is 26.1. The molecule has 0 aromatic rings. The van der Waals surface area contributed by atoms with Gasteiger partial charge in [0.1, 0.15) is 0 Å². The van der Waals surface area contributed by atoms with E-state index in [4.69, 9.17) is 0 Å². The van der Waals surface area contributed by atoms with Crippen LogP contribution in [-0.2, 0) is 4.79 Å². The summed E-state index contributed by atoms with van der Waals surface area (Å²) in [5, 5.41) is 22.8. The second kappa shape index (κ2) is 31.6. The second-order valence-electron chi connectivity index (χ2n) is 10.8. The van der Waals surface area contributed by atoms with Crippen molar-refractivity contribution in [1.82, 2.24) is 5.32 Å². The molecule has 0 saturated heterocycles. The second-order valence-corrected chi connectivity index (χ2v) is 10.8. The highest BCUT2D eigenvalue weighted by atomic mass is 16.3. The van der Waals surface area contributed by atoms with Crippen LogP contribution in [0.2, 0.25) is 0 Å². The third kappa shape index (κ3) is 27.6. The van der Waals surface area contributed by atoms with Gasteiger partial charge in [-0.25, -0.2) is 0 Å². The van der Waals surface area contributed by atoms with Crippen LogP contribution >= 0.6 is 0 Å². The van der Waals surface area contributed by atoms with E-state index in [-0.39, 0.29) is 12.5 Å². The monoisotopic (exact) mass is 557 g/mol. The van der Waals surface area contributed by atoms with E-state index in [0.717, 1.165) is 57.8 Å². The smallest absolute Gasteiger partial charge is 0.220 e. The first-order valence-electron chi connectivity index (χ1n) is 16.5. The molecule has 1 amide bonds. The van der Waals surface area contributed by atoms with E-state index in [1.54, 1.807) is 6.08 Å². The Balaban J connectivity index is 3.80. The molecule has 4 heteroatoms. The molecule has 40 heavy (non-hydrogen) atoms. The van der Waals surface area contributed by atoms with Crippen molar-refractivity contribution in [2.75, 3.05) is 6.61 Å². The molecule has 3 N–H and O–H groups in total. The number of rotatable bonds is 28. The molecule has 0 aliphatic carbocycles. The molecule has 4 nitrogen and oxygen atoms in total. The van der Waals surface area contributed by atoms with Gasteiger partial charge in [-0.15, -0.1) is 0 Å². The fraction of sp³-hybridized carbons (Fsp3) is 0.694. The van der Waals surface area contributed by atoms with Crippen molar-refractivity contribution < 1.29 is 15.0 Å². The summed E-state index contributed by atoms with van der Waals surface area (Å²) in [7, 11) is 0. The lowest BCUT2D eigenvalue weighted by Gasteiger charge is -2.19. The molecule has 0 aliphatic heterocycles. The van der Waals surface area contributed by atoms with E-state index in [1.807, 2.05) is 6.08 Å². The van der Waals surface area contributed by atoms with Crippen molar-refractivity contribution in [1.29, 1.82) is 0 Å². The molecule has 0 aromatic carbocycles. The summed E-state index contributed by atoms with van der Waals surface area (Å²) in [6, 6.07) is -0.652. The summed E-state index contributed by atoms with van der Waals surface area (Å²) in [4.78, 5) is 12.3. The van der Waals surface area contributed by atoms with Gasteiger partial charge in [-0.3, -0.25) is 4.79 Å². The van der Waals surface area contributed by atoms with Gasteiger partial charge in [0.15, 0.2) is 0 Å². The number of aliphatic hydroxyl groups excluding tert-OH is 2. The standard InChI is InChI=1S/C36H63NO3/c1-3-5-7-9-11-13-15-17-19-21-23-25-27-29-31-35(39)34(33-38)37-36(40)32-30-28-26-24-22-20-18-16-14-12-10-8-6-4-2/h10,12-13,15-16,18,21,23,29,31,34-35,38-39H,3-9,11,14,17,19-20,22,24-28,30,32-33H2,1-2H3,(H,37,40)/b12-10-,15-13+,18-16-,23-21+,31-29+. The molecule has 230 valence electrons. The maximum absolute atomic E-state index is 12.3. The average molecular weight is 558 g/mol. The third-order valence-electron chi connectivity index (χ3n) is 6.95. The Morgan fingerprint density at radius 1 is 0.600 bits per heavy atom. The molecule has 0 spiro atoms. The van der Waals surface area contributed by atoms with Gasteiger partial charge in [0.2, 0.25) is 5.91 Å². The maximum Gasteiger partial charge on any atom is 0.220 e. The van der Waals surface area contributed by atoms with Crippen molar-refractivity contribution in [2.24, 2.45) is 0 Å². The van der Waals surface area contributed by atoms with Crippen LogP contribution < -0.4 is 5.32 Å². The summed E-state index contributed by atoms with van der Waals surface area (Å²) in [5.41, 5.74) is 0. The van der Waals surface area contributed by atoms with Gasteiger partial charge in [0.05, 0.1) is 18.8 Å². The predicted molar refractivity (Wildman–Crippen MR) is 174 cm³/mol. The van der Waals surface area contributed by atoms with Crippen molar-refractivity contribution >= 4 is 5.91 Å². The molecular weight excluding hydrogens is 494 g/mol. The highest BCUT2D eigenvalue weighted by molar-refractivity contribution is 5.76. The molecule has 0 radical (unpaired) electrons. The van der Waals surface area contributed by atoms with Gasteiger partial charge >= 0.3 is 0 Å². The van der Waals surface area contributed by atoms with Gasteiger partial charge in [0, 0.05) is 6.42 Å². The molecule has 0 aliphatic rings. The minimum Gasteiger partial charge on any atom is -0.394 e. The molecular formula is C36H63NO3. The van der Waals surface area contributed by atoms with Crippen LogP contribution in [0.3, 0.4) is 0 Å². The Morgan fingerprint density at radius 3 is 1.68 bits per heavy atom. The normalized spacial score (nSPS) is 14.0. The number of hydrogen-bond acceptors (Lipinski definition) is 3. The Morgan fingerprint density at radius 2 is 1.07 bits per heavy atom. The van der Waals surface area contributed by atoms with Crippen molar-refractivity contribution in [3.05, 3.63) is 60.8 Å². The fourth-order valence-electron chi connectivity index (χ4n) is 4.34. The Hall–Kier alpha value is -1.91. The first kappa shape index (κ1) is 38.1. The summed E-state index contributed by atoms with van der Waals surface area (Å²) < 4.78 is 0. The minimum atomic E-state index is -0.875. The number of allylic oxidation sites excluding steroid dienone is 9. The van der Waals surface area contributed by atoms with Crippen LogP contribution in [0.1, 0.15) is 142 Å². The quantitative estimate of drug-likeness (QED) is 0.0663. The van der Waals surface area contributed by atoms with Crippen LogP contribution in [0.4, 0.5) is 0 Å². The summed E-state index contributed by atoms with van der Waals surface area (Å²) in [6.45, 7) is 4.19. The number of unbranched alkanes of at least 4 members (excludes halogenated alkanes) is 13. The molecule has 0 saturated carbocycles. The number of aliphatic hydroxyl groups is 2. The van der Waals surface area contributed by atoms with Crippen LogP contribution in [-0.4, -0.2) is 34.9 Å². The van der Waals surface area contributed by atoms with Crippen molar-refractivity contribution in [3.63, 3.8) is 0 Å². The average Bonchev–Trinajstić information content (AvgIpc) is 2.96. The van der Waals surface area contributed by atoms with Gasteiger partial charge in [-0.1, -0.05) is 126 Å². The first-order valence-corrected chi connectivity index (χ1v) is 16.5. The van der Waals surface area contributed by atoms with Crippen molar-refractivity contribution in [3.8, 4) is 0 Å². The zero-order valence-corrected chi connectivity index (χ0v) is 26.1. The lowest BCUT2D eigenvalue weighted by molar-refractivity contribution is -0.123. The van der Waals surface area contributed by atoms with E-state index in [1.165, 1.54) is 64.2 Å². The molecule has 0 fully saturated rings. The Bertz CT molecular complexity index is 692. The van der Waals surface area contributed by atoms with E-state index < -0.39 is 12.1 Å². The van der Waals surface area contributed by atoms with E-state index >= 15 is 0 Å². The first-order chi connectivity index (χ1) is 19.7. The number of carbonyl (C=O) groups excluding carboxylic acids is 1. The van der Waals surface area contributed by atoms with Gasteiger partial charge in [0.25, 0.3) is 0 Å². The largest absolute Gasteiger partial charge is 0.394 e. The summed E-state index contributed by atoms with van der Waals surface area (Å²) in [5.74, 6) is -0.0978. The molecule has 0 heterocycles. The molecule has 2 atom stereocenters. The summed E-state index contributed by atoms with van der Waals surface area (Å²) >= 11 is 0. The molecule has 0 bridgehead atoms. The van der Waals surface area contributed by atoms with Crippen LogP contribution in [0.15, 0.2) is 60.8 Å². The van der Waals surface area contributed by atoms with E-state index in [2.05, 4.69) is 67.8 Å². The van der Waals surface area contributed by atoms with Crippen molar-refractivity contribution in [2.45, 2.75) is 154 Å². The number of amides is 1. The Kier molecular flexibility index (Phi) is 30.1. The third-order valence-corrected chi connectivity index (χ3v) is 6.95. The van der Waals surface area contributed by atoms with Crippen LogP contribution in [0.5, 0.6) is 0 Å². The SMILES string of the molecule is CCCC/C=C\C/C=C\CCCCCCCC(=O)NC(CO)C(O)/C=C/CC/C=C/CC/C=C/CCCCCC. The predicted octanol–water partition coefficient (Wildman–Crippen LogP) is 9.45. The van der Waals surface area contributed by atoms with E-state index in [0.29, 0.717) is 6.42 Å². The van der Waals surface area contributed by atoms with Gasteiger partial charge in [-0.05, 0) is 70.6 Å². The minimum absolute atomic E-state index is 0.0978. The fourth-order valence-corrected chi connectivity index (χ4v) is 4.34. The van der Waals surface area contributed by atoms with Gasteiger partial charge < -0.3 is 15.5 Å². The number of carbonyl (C=O) groups is 1. The number of nitrogens with one attached hydrogen (secondary N) is 1. The number of hydrogen-bond donors (Lipinski definition) is 3. The Labute approximate surface area is 247 Å². The summed E-state index contributed by atoms with van der Waals surface area (Å²) in [6.07, 6.45) is 42.9. The molecule has 0 rings (SSSR count). The van der Waals surface area contributed by atoms with Gasteiger partial charge in [-0.2, -0.15) is 0 Å². The topological polar surface area (TPSA) is 69.6 Å². The lowest BCUT2D eigenvalue weighted by atomic mass is 10.1.